The summed E-state index contributed by atoms with van der Waals surface area (Å²) in [5.41, 5.74) is 5.99. The highest BCUT2D eigenvalue weighted by atomic mass is 19.1. The van der Waals surface area contributed by atoms with E-state index in [-0.39, 0.29) is 17.6 Å². The quantitative estimate of drug-likeness (QED) is 0.756. The maximum absolute atomic E-state index is 13.5. The Kier molecular flexibility index (Phi) is 2.93. The second kappa shape index (κ2) is 4.97. The lowest BCUT2D eigenvalue weighted by Gasteiger charge is -2.40. The van der Waals surface area contributed by atoms with Crippen molar-refractivity contribution >= 4 is 22.6 Å². The summed E-state index contributed by atoms with van der Waals surface area (Å²) in [6.07, 6.45) is 2.99. The van der Waals surface area contributed by atoms with Crippen LogP contribution in [0.15, 0.2) is 30.7 Å². The summed E-state index contributed by atoms with van der Waals surface area (Å²) in [6.45, 7) is 1.26. The van der Waals surface area contributed by atoms with Gasteiger partial charge in [-0.3, -0.25) is 4.79 Å². The van der Waals surface area contributed by atoms with E-state index in [4.69, 9.17) is 5.73 Å². The van der Waals surface area contributed by atoms with Crippen molar-refractivity contribution in [2.24, 2.45) is 5.73 Å². The molecule has 3 aromatic rings. The number of aromatic nitrogens is 5. The minimum Gasteiger partial charge on any atom is -0.364 e. The number of anilines is 1. The molecular weight excluding hydrogens is 301 g/mol. The molecule has 1 aliphatic heterocycles. The molecule has 0 saturated carbocycles. The molecule has 1 aromatic carbocycles. The van der Waals surface area contributed by atoms with Gasteiger partial charge in [0.25, 0.3) is 5.91 Å². The maximum atomic E-state index is 13.5. The Morgan fingerprint density at radius 2 is 2.13 bits per heavy atom. The molecule has 0 atom stereocenters. The first kappa shape index (κ1) is 13.6. The van der Waals surface area contributed by atoms with E-state index in [0.29, 0.717) is 29.8 Å². The average molecular weight is 313 g/mol. The first-order valence-corrected chi connectivity index (χ1v) is 6.98. The Bertz CT molecular complexity index is 903. The Morgan fingerprint density at radius 1 is 1.30 bits per heavy atom. The maximum Gasteiger partial charge on any atom is 0.270 e. The molecule has 0 bridgehead atoms. The number of halogens is 1. The van der Waals surface area contributed by atoms with Crippen LogP contribution in [0.2, 0.25) is 0 Å². The average Bonchev–Trinajstić information content (AvgIpc) is 2.96. The molecule has 116 valence electrons. The van der Waals surface area contributed by atoms with Crippen LogP contribution in [0.5, 0.6) is 0 Å². The molecule has 9 heteroatoms. The predicted molar refractivity (Wildman–Crippen MR) is 79.3 cm³/mol. The van der Waals surface area contributed by atoms with Gasteiger partial charge in [0.05, 0.1) is 17.8 Å². The van der Waals surface area contributed by atoms with Crippen LogP contribution in [0.25, 0.3) is 10.9 Å². The summed E-state index contributed by atoms with van der Waals surface area (Å²) in [6, 6.07) is 4.50. The van der Waals surface area contributed by atoms with Gasteiger partial charge >= 0.3 is 0 Å². The zero-order chi connectivity index (χ0) is 16.0. The summed E-state index contributed by atoms with van der Waals surface area (Å²) >= 11 is 0. The van der Waals surface area contributed by atoms with Crippen molar-refractivity contribution in [3.05, 3.63) is 42.2 Å². The molecule has 0 unspecified atom stereocenters. The summed E-state index contributed by atoms with van der Waals surface area (Å²) in [5, 5.41) is 8.30. The molecule has 2 aromatic heterocycles. The number of primary amides is 1. The van der Waals surface area contributed by atoms with Crippen molar-refractivity contribution in [1.29, 1.82) is 0 Å². The number of hydrogen-bond acceptors (Lipinski definition) is 6. The fourth-order valence-electron chi connectivity index (χ4n) is 2.63. The number of carbonyl (C=O) groups excluding carboxylic acids is 1. The van der Waals surface area contributed by atoms with Gasteiger partial charge in [0.2, 0.25) is 0 Å². The predicted octanol–water partition coefficient (Wildman–Crippen LogP) is 0.521. The van der Waals surface area contributed by atoms with Crippen molar-refractivity contribution in [3.63, 3.8) is 0 Å². The highest BCUT2D eigenvalue weighted by molar-refractivity contribution is 5.90. The number of nitrogens with two attached hydrogens (primary N) is 1. The monoisotopic (exact) mass is 313 g/mol. The zero-order valence-electron chi connectivity index (χ0n) is 11.9. The van der Waals surface area contributed by atoms with Gasteiger partial charge in [-0.1, -0.05) is 5.21 Å². The Balaban J connectivity index is 1.58. The summed E-state index contributed by atoms with van der Waals surface area (Å²) in [7, 11) is 0. The number of benzene rings is 1. The molecule has 23 heavy (non-hydrogen) atoms. The first-order chi connectivity index (χ1) is 11.1. The van der Waals surface area contributed by atoms with Crippen molar-refractivity contribution in [3.8, 4) is 0 Å². The molecule has 0 spiro atoms. The third kappa shape index (κ3) is 2.26. The van der Waals surface area contributed by atoms with Crippen molar-refractivity contribution in [1.82, 2.24) is 25.0 Å². The van der Waals surface area contributed by atoms with E-state index in [1.165, 1.54) is 24.7 Å². The molecule has 2 N–H and O–H groups in total. The number of fused-ring (bicyclic) bond motifs is 1. The van der Waals surface area contributed by atoms with Gasteiger partial charge in [-0.2, -0.15) is 0 Å². The third-order valence-electron chi connectivity index (χ3n) is 3.88. The number of carbonyl (C=O) groups is 1. The lowest BCUT2D eigenvalue weighted by Crippen LogP contribution is -2.48. The topological polar surface area (TPSA) is 103 Å². The van der Waals surface area contributed by atoms with Crippen molar-refractivity contribution in [2.45, 2.75) is 6.04 Å². The molecule has 1 fully saturated rings. The van der Waals surface area contributed by atoms with Gasteiger partial charge in [-0.15, -0.1) is 5.10 Å². The van der Waals surface area contributed by atoms with Crippen molar-refractivity contribution < 1.29 is 9.18 Å². The molecule has 0 aliphatic carbocycles. The standard InChI is InChI=1S/C14H12FN7O/c15-8-1-2-11-10(3-8)14(18-7-17-11)21-4-9(5-21)22-6-12(13(16)23)19-20-22/h1-3,6-7,9H,4-5H2,(H2,16,23). The van der Waals surface area contributed by atoms with E-state index < -0.39 is 5.91 Å². The second-order valence-corrected chi connectivity index (χ2v) is 5.37. The number of hydrogen-bond donors (Lipinski definition) is 1. The zero-order valence-corrected chi connectivity index (χ0v) is 11.9. The smallest absolute Gasteiger partial charge is 0.270 e. The summed E-state index contributed by atoms with van der Waals surface area (Å²) < 4.78 is 15.1. The first-order valence-electron chi connectivity index (χ1n) is 6.98. The molecule has 4 rings (SSSR count). The van der Waals surface area contributed by atoms with E-state index in [2.05, 4.69) is 20.3 Å². The summed E-state index contributed by atoms with van der Waals surface area (Å²) in [5.74, 6) is -0.251. The Morgan fingerprint density at radius 3 is 2.87 bits per heavy atom. The third-order valence-corrected chi connectivity index (χ3v) is 3.88. The minimum absolute atomic E-state index is 0.0641. The number of rotatable bonds is 3. The molecule has 1 amide bonds. The van der Waals surface area contributed by atoms with Crippen LogP contribution in [0, 0.1) is 5.82 Å². The van der Waals surface area contributed by atoms with Gasteiger partial charge in [0.15, 0.2) is 5.69 Å². The summed E-state index contributed by atoms with van der Waals surface area (Å²) in [4.78, 5) is 21.5. The lowest BCUT2D eigenvalue weighted by molar-refractivity contribution is 0.0995. The van der Waals surface area contributed by atoms with E-state index in [9.17, 15) is 9.18 Å². The fraction of sp³-hybridized carbons (Fsp3) is 0.214. The fourth-order valence-corrected chi connectivity index (χ4v) is 2.63. The van der Waals surface area contributed by atoms with Gasteiger partial charge < -0.3 is 10.6 Å². The highest BCUT2D eigenvalue weighted by Crippen LogP contribution is 2.30. The van der Waals surface area contributed by atoms with Crippen LogP contribution in [-0.4, -0.2) is 44.0 Å². The highest BCUT2D eigenvalue weighted by Gasteiger charge is 2.31. The molecule has 1 aliphatic rings. The van der Waals surface area contributed by atoms with E-state index in [1.54, 1.807) is 10.7 Å². The van der Waals surface area contributed by atoms with Gasteiger partial charge in [-0.25, -0.2) is 19.0 Å². The molecule has 8 nitrogen and oxygen atoms in total. The second-order valence-electron chi connectivity index (χ2n) is 5.37. The number of nitrogens with zero attached hydrogens (tertiary/aromatic N) is 6. The van der Waals surface area contributed by atoms with E-state index >= 15 is 0 Å². The van der Waals surface area contributed by atoms with Crippen LogP contribution in [0.4, 0.5) is 10.2 Å². The minimum atomic E-state index is -0.607. The molecule has 0 radical (unpaired) electrons. The molecule has 1 saturated heterocycles. The van der Waals surface area contributed by atoms with Crippen LogP contribution < -0.4 is 10.6 Å². The lowest BCUT2D eigenvalue weighted by atomic mass is 10.1. The van der Waals surface area contributed by atoms with Crippen LogP contribution in [0.3, 0.4) is 0 Å². The van der Waals surface area contributed by atoms with Crippen LogP contribution in [0.1, 0.15) is 16.5 Å². The van der Waals surface area contributed by atoms with Gasteiger partial charge in [0.1, 0.15) is 18.0 Å². The van der Waals surface area contributed by atoms with Crippen LogP contribution >= 0.6 is 0 Å². The largest absolute Gasteiger partial charge is 0.364 e. The molecular formula is C14H12FN7O. The van der Waals surface area contributed by atoms with Gasteiger partial charge in [-0.05, 0) is 18.2 Å². The van der Waals surface area contributed by atoms with Crippen molar-refractivity contribution in [2.75, 3.05) is 18.0 Å². The van der Waals surface area contributed by atoms with Gasteiger partial charge in [0, 0.05) is 18.5 Å². The SMILES string of the molecule is NC(=O)c1cn(C2CN(c3ncnc4ccc(F)cc34)C2)nn1. The van der Waals surface area contributed by atoms with E-state index in [1.807, 2.05) is 4.90 Å². The Labute approximate surface area is 129 Å². The van der Waals surface area contributed by atoms with Crippen LogP contribution in [-0.2, 0) is 0 Å². The Hall–Kier alpha value is -3.10. The normalized spacial score (nSPS) is 14.9. The van der Waals surface area contributed by atoms with E-state index in [0.717, 1.165) is 0 Å². The molecule has 3 heterocycles. The number of amides is 1.